The first-order valence-corrected chi connectivity index (χ1v) is 6.63. The number of methoxy groups -OCH3 is 1. The fourth-order valence-electron chi connectivity index (χ4n) is 2.14. The van der Waals surface area contributed by atoms with E-state index in [1.165, 1.54) is 0 Å². The van der Waals surface area contributed by atoms with E-state index in [9.17, 15) is 0 Å². The van der Waals surface area contributed by atoms with E-state index in [4.69, 9.17) is 28.5 Å². The Morgan fingerprint density at radius 1 is 1.50 bits per heavy atom. The molecule has 1 aromatic heterocycles. The lowest BCUT2D eigenvalue weighted by Gasteiger charge is -2.09. The van der Waals surface area contributed by atoms with Crippen LogP contribution in [0.1, 0.15) is 12.7 Å². The molecule has 0 amide bonds. The lowest BCUT2D eigenvalue weighted by molar-refractivity contribution is 0.416. The smallest absolute Gasteiger partial charge is 0.132 e. The van der Waals surface area contributed by atoms with Crippen molar-refractivity contribution in [1.82, 2.24) is 9.55 Å². The standard InChI is InChI=1S/C15H16ClN3O/c1-4-9-19-12(5-2)18-14(15(19)17)13-10(16)7-6-8-11(13)20-3/h1,6-8H,5,9,17H2,2-3H3. The summed E-state index contributed by atoms with van der Waals surface area (Å²) in [6.07, 6.45) is 6.12. The lowest BCUT2D eigenvalue weighted by atomic mass is 10.1. The van der Waals surface area contributed by atoms with Crippen molar-refractivity contribution in [2.24, 2.45) is 0 Å². The van der Waals surface area contributed by atoms with Gasteiger partial charge in [-0.1, -0.05) is 30.5 Å². The second kappa shape index (κ2) is 5.89. The van der Waals surface area contributed by atoms with Crippen molar-refractivity contribution in [2.75, 3.05) is 12.8 Å². The number of ether oxygens (including phenoxy) is 1. The van der Waals surface area contributed by atoms with Crippen LogP contribution in [0.4, 0.5) is 5.82 Å². The number of benzene rings is 1. The predicted molar refractivity (Wildman–Crippen MR) is 81.8 cm³/mol. The van der Waals surface area contributed by atoms with Crippen molar-refractivity contribution in [2.45, 2.75) is 19.9 Å². The maximum absolute atomic E-state index is 6.27. The lowest BCUT2D eigenvalue weighted by Crippen LogP contribution is -2.05. The molecule has 0 bridgehead atoms. The number of hydrogen-bond donors (Lipinski definition) is 1. The van der Waals surface area contributed by atoms with Gasteiger partial charge in [0.25, 0.3) is 0 Å². The Labute approximate surface area is 123 Å². The van der Waals surface area contributed by atoms with Crippen LogP contribution in [0.25, 0.3) is 11.3 Å². The van der Waals surface area contributed by atoms with Gasteiger partial charge in [0.2, 0.25) is 0 Å². The highest BCUT2D eigenvalue weighted by molar-refractivity contribution is 6.33. The molecule has 104 valence electrons. The molecule has 20 heavy (non-hydrogen) atoms. The Morgan fingerprint density at radius 2 is 2.25 bits per heavy atom. The van der Waals surface area contributed by atoms with E-state index >= 15 is 0 Å². The van der Waals surface area contributed by atoms with Crippen molar-refractivity contribution in [3.05, 3.63) is 29.0 Å². The summed E-state index contributed by atoms with van der Waals surface area (Å²) in [5.74, 6) is 4.56. The summed E-state index contributed by atoms with van der Waals surface area (Å²) in [6.45, 7) is 2.39. The van der Waals surface area contributed by atoms with Crippen molar-refractivity contribution in [3.8, 4) is 29.4 Å². The number of anilines is 1. The van der Waals surface area contributed by atoms with Crippen molar-refractivity contribution < 1.29 is 4.74 Å². The predicted octanol–water partition coefficient (Wildman–Crippen LogP) is 2.99. The van der Waals surface area contributed by atoms with E-state index in [2.05, 4.69) is 10.9 Å². The quantitative estimate of drug-likeness (QED) is 0.880. The molecule has 1 aromatic carbocycles. The van der Waals surface area contributed by atoms with Gasteiger partial charge in [0.1, 0.15) is 23.1 Å². The molecule has 0 saturated heterocycles. The number of nitrogens with two attached hydrogens (primary N) is 1. The number of nitrogen functional groups attached to an aromatic ring is 1. The van der Waals surface area contributed by atoms with E-state index in [-0.39, 0.29) is 0 Å². The zero-order valence-electron chi connectivity index (χ0n) is 11.5. The van der Waals surface area contributed by atoms with Gasteiger partial charge >= 0.3 is 0 Å². The molecule has 0 saturated carbocycles. The molecule has 0 atom stereocenters. The van der Waals surface area contributed by atoms with Gasteiger partial charge in [0.05, 0.1) is 24.2 Å². The SMILES string of the molecule is C#CCn1c(CC)nc(-c2c(Cl)cccc2OC)c1N. The zero-order chi connectivity index (χ0) is 14.7. The molecule has 0 fully saturated rings. The number of rotatable bonds is 4. The average molecular weight is 290 g/mol. The summed E-state index contributed by atoms with van der Waals surface area (Å²) in [7, 11) is 1.59. The fraction of sp³-hybridized carbons (Fsp3) is 0.267. The molecule has 2 rings (SSSR count). The molecule has 2 N–H and O–H groups in total. The van der Waals surface area contributed by atoms with E-state index in [0.29, 0.717) is 34.4 Å². The second-order valence-corrected chi connectivity index (χ2v) is 4.63. The third-order valence-electron chi connectivity index (χ3n) is 3.08. The van der Waals surface area contributed by atoms with Crippen LogP contribution in [0.15, 0.2) is 18.2 Å². The highest BCUT2D eigenvalue weighted by atomic mass is 35.5. The summed E-state index contributed by atoms with van der Waals surface area (Å²) in [4.78, 5) is 4.56. The van der Waals surface area contributed by atoms with E-state index in [1.54, 1.807) is 13.2 Å². The van der Waals surface area contributed by atoms with Crippen LogP contribution < -0.4 is 10.5 Å². The maximum Gasteiger partial charge on any atom is 0.132 e. The molecule has 0 aliphatic carbocycles. The van der Waals surface area contributed by atoms with Gasteiger partial charge in [-0.3, -0.25) is 0 Å². The minimum Gasteiger partial charge on any atom is -0.496 e. The van der Waals surface area contributed by atoms with Gasteiger partial charge in [-0.25, -0.2) is 4.98 Å². The van der Waals surface area contributed by atoms with Crippen molar-refractivity contribution in [1.29, 1.82) is 0 Å². The summed E-state index contributed by atoms with van der Waals surface area (Å²) in [5, 5.41) is 0.545. The Bertz CT molecular complexity index is 670. The first-order valence-electron chi connectivity index (χ1n) is 6.25. The zero-order valence-corrected chi connectivity index (χ0v) is 12.2. The number of aromatic nitrogens is 2. The normalized spacial score (nSPS) is 10.3. The van der Waals surface area contributed by atoms with Gasteiger partial charge in [-0.2, -0.15) is 0 Å². The van der Waals surface area contributed by atoms with E-state index in [0.717, 1.165) is 12.2 Å². The largest absolute Gasteiger partial charge is 0.496 e. The number of nitrogens with zero attached hydrogens (tertiary/aromatic N) is 2. The molecule has 0 spiro atoms. The molecule has 4 nitrogen and oxygen atoms in total. The summed E-state index contributed by atoms with van der Waals surface area (Å²) in [6, 6.07) is 5.43. The van der Waals surface area contributed by atoms with Crippen LogP contribution in [-0.2, 0) is 13.0 Å². The van der Waals surface area contributed by atoms with E-state index < -0.39 is 0 Å². The molecule has 2 aromatic rings. The number of halogens is 1. The second-order valence-electron chi connectivity index (χ2n) is 4.22. The third kappa shape index (κ3) is 2.33. The maximum atomic E-state index is 6.27. The number of imidazole rings is 1. The molecule has 0 radical (unpaired) electrons. The monoisotopic (exact) mass is 289 g/mol. The molecule has 0 aliphatic rings. The van der Waals surface area contributed by atoms with Crippen LogP contribution in [0.3, 0.4) is 0 Å². The Balaban J connectivity index is 2.68. The van der Waals surface area contributed by atoms with Crippen LogP contribution in [0.2, 0.25) is 5.02 Å². The van der Waals surface area contributed by atoms with Crippen LogP contribution in [-0.4, -0.2) is 16.7 Å². The van der Waals surface area contributed by atoms with Gasteiger partial charge in [0.15, 0.2) is 0 Å². The Hall–Kier alpha value is -2.12. The molecular weight excluding hydrogens is 274 g/mol. The number of terminal acetylenes is 1. The van der Waals surface area contributed by atoms with Crippen molar-refractivity contribution >= 4 is 17.4 Å². The molecular formula is C15H16ClN3O. The topological polar surface area (TPSA) is 53.1 Å². The highest BCUT2D eigenvalue weighted by Gasteiger charge is 2.20. The van der Waals surface area contributed by atoms with E-state index in [1.807, 2.05) is 23.6 Å². The van der Waals surface area contributed by atoms with Crippen molar-refractivity contribution in [3.63, 3.8) is 0 Å². The minimum atomic E-state index is 0.384. The van der Waals surface area contributed by atoms with Crippen LogP contribution in [0, 0.1) is 12.3 Å². The summed E-state index contributed by atoms with van der Waals surface area (Å²) < 4.78 is 7.17. The number of aryl methyl sites for hydroxylation is 1. The molecule has 5 heteroatoms. The third-order valence-corrected chi connectivity index (χ3v) is 3.40. The molecule has 0 unspecified atom stereocenters. The summed E-state index contributed by atoms with van der Waals surface area (Å²) in [5.41, 5.74) is 7.49. The van der Waals surface area contributed by atoms with Crippen LogP contribution >= 0.6 is 11.6 Å². The van der Waals surface area contributed by atoms with Gasteiger partial charge in [-0.15, -0.1) is 6.42 Å². The first kappa shape index (κ1) is 14.3. The number of hydrogen-bond acceptors (Lipinski definition) is 3. The molecule has 0 aliphatic heterocycles. The highest BCUT2D eigenvalue weighted by Crippen LogP contribution is 2.39. The van der Waals surface area contributed by atoms with Crippen LogP contribution in [0.5, 0.6) is 5.75 Å². The molecule has 1 heterocycles. The van der Waals surface area contributed by atoms with Gasteiger partial charge in [-0.05, 0) is 12.1 Å². The van der Waals surface area contributed by atoms with Gasteiger partial charge in [0, 0.05) is 6.42 Å². The minimum absolute atomic E-state index is 0.384. The Kier molecular flexibility index (Phi) is 4.21. The first-order chi connectivity index (χ1) is 9.63. The average Bonchev–Trinajstić information content (AvgIpc) is 2.76. The fourth-order valence-corrected chi connectivity index (χ4v) is 2.39. The summed E-state index contributed by atoms with van der Waals surface area (Å²) >= 11 is 6.27. The Morgan fingerprint density at radius 3 is 2.85 bits per heavy atom. The van der Waals surface area contributed by atoms with Gasteiger partial charge < -0.3 is 15.0 Å².